The van der Waals surface area contributed by atoms with Crippen LogP contribution in [0.2, 0.25) is 0 Å². The van der Waals surface area contributed by atoms with Gasteiger partial charge in [-0.3, -0.25) is 4.57 Å². The topological polar surface area (TPSA) is 30.7 Å². The van der Waals surface area contributed by atoms with Crippen molar-refractivity contribution in [3.8, 4) is 17.1 Å². The molecule has 4 heterocycles. The number of thiophene rings is 2. The normalized spacial score (nSPS) is 14.8. The summed E-state index contributed by atoms with van der Waals surface area (Å²) >= 11 is 3.69. The summed E-state index contributed by atoms with van der Waals surface area (Å²) < 4.78 is 4.98. The Kier molecular flexibility index (Phi) is 5.46. The predicted octanol–water partition coefficient (Wildman–Crippen LogP) is 12.3. The fraction of sp³-hybridized carbons (Fsp3) is 0.0698. The molecule has 0 saturated carbocycles. The third kappa shape index (κ3) is 3.58. The first-order chi connectivity index (χ1) is 23.7. The van der Waals surface area contributed by atoms with Crippen LogP contribution in [0.4, 0.5) is 0 Å². The Morgan fingerprint density at radius 1 is 0.667 bits per heavy atom. The third-order valence-electron chi connectivity index (χ3n) is 10.1. The standard InChI is InChI=1S/C43H27N3S2/c1-24-21-22-31-35(23-24)47-41-37(31)28-15-5-4-14-27(28)36-30-16-6-8-19-33(30)46(40(36)41)42-38(29-18-10-12-25-11-2-3-13-26(25)29)45-43-39(44-42)32-17-7-9-20-34(32)48-43/h2-22,24H,23H2,1H3. The summed E-state index contributed by atoms with van der Waals surface area (Å²) in [6.07, 6.45) is 5.82. The summed E-state index contributed by atoms with van der Waals surface area (Å²) in [5.41, 5.74) is 6.71. The second-order valence-corrected chi connectivity index (χ2v) is 15.1. The smallest absolute Gasteiger partial charge is 0.165 e. The number of fused-ring (bicyclic) bond motifs is 14. The van der Waals surface area contributed by atoms with Gasteiger partial charge in [-0.2, -0.15) is 0 Å². The first-order valence-electron chi connectivity index (χ1n) is 16.5. The highest BCUT2D eigenvalue weighted by atomic mass is 32.1. The molecule has 226 valence electrons. The van der Waals surface area contributed by atoms with Crippen molar-refractivity contribution in [2.45, 2.75) is 13.3 Å². The Balaban J connectivity index is 1.39. The molecule has 11 rings (SSSR count). The quantitative estimate of drug-likeness (QED) is 0.187. The largest absolute Gasteiger partial charge is 0.290 e. The molecule has 10 aromatic rings. The van der Waals surface area contributed by atoms with Crippen LogP contribution in [0.25, 0.3) is 97.0 Å². The van der Waals surface area contributed by atoms with Gasteiger partial charge in [-0.15, -0.1) is 22.7 Å². The summed E-state index contributed by atoms with van der Waals surface area (Å²) in [5, 5.41) is 10.0. The average molecular weight is 650 g/mol. The van der Waals surface area contributed by atoms with Crippen molar-refractivity contribution in [3.05, 3.63) is 132 Å². The summed E-state index contributed by atoms with van der Waals surface area (Å²) in [6, 6.07) is 41.6. The Bertz CT molecular complexity index is 3010. The molecule has 1 atom stereocenters. The zero-order valence-corrected chi connectivity index (χ0v) is 27.7. The molecule has 0 bridgehead atoms. The van der Waals surface area contributed by atoms with E-state index in [4.69, 9.17) is 9.97 Å². The van der Waals surface area contributed by atoms with Crippen molar-refractivity contribution < 1.29 is 0 Å². The Hall–Kier alpha value is -5.36. The highest BCUT2D eigenvalue weighted by Gasteiger charge is 2.27. The van der Waals surface area contributed by atoms with E-state index in [2.05, 4.69) is 139 Å². The lowest BCUT2D eigenvalue weighted by atomic mass is 9.92. The molecule has 0 saturated heterocycles. The average Bonchev–Trinajstić information content (AvgIpc) is 3.80. The molecular weight excluding hydrogens is 623 g/mol. The van der Waals surface area contributed by atoms with Gasteiger partial charge >= 0.3 is 0 Å². The maximum absolute atomic E-state index is 5.67. The molecule has 1 unspecified atom stereocenters. The molecule has 0 aliphatic heterocycles. The second kappa shape index (κ2) is 9.83. The van der Waals surface area contributed by atoms with Crippen molar-refractivity contribution in [2.24, 2.45) is 5.92 Å². The van der Waals surface area contributed by atoms with E-state index in [-0.39, 0.29) is 0 Å². The van der Waals surface area contributed by atoms with Crippen LogP contribution in [0.3, 0.4) is 0 Å². The molecule has 0 spiro atoms. The molecular formula is C43H27N3S2. The van der Waals surface area contributed by atoms with Crippen LogP contribution in [-0.2, 0) is 6.42 Å². The molecule has 5 heteroatoms. The van der Waals surface area contributed by atoms with E-state index >= 15 is 0 Å². The van der Waals surface area contributed by atoms with E-state index in [1.54, 1.807) is 11.3 Å². The lowest BCUT2D eigenvalue weighted by Gasteiger charge is -2.15. The zero-order chi connectivity index (χ0) is 31.5. The molecule has 6 aromatic carbocycles. The first-order valence-corrected chi connectivity index (χ1v) is 18.1. The SMILES string of the molecule is CC1C=Cc2c(sc3c2c2ccccc2c2c4ccccc4n(-c4nc5c(nc4-c4cccc6ccccc46)sc4ccccc45)c32)C1. The molecule has 3 nitrogen and oxygen atoms in total. The van der Waals surface area contributed by atoms with Crippen molar-refractivity contribution >= 4 is 103 Å². The summed E-state index contributed by atoms with van der Waals surface area (Å²) in [5.74, 6) is 1.40. The van der Waals surface area contributed by atoms with Gasteiger partial charge in [0.15, 0.2) is 5.82 Å². The molecule has 0 amide bonds. The summed E-state index contributed by atoms with van der Waals surface area (Å²) in [6.45, 7) is 2.32. The zero-order valence-electron chi connectivity index (χ0n) is 26.1. The number of para-hydroxylation sites is 1. The van der Waals surface area contributed by atoms with Gasteiger partial charge in [0.1, 0.15) is 16.0 Å². The van der Waals surface area contributed by atoms with Crippen LogP contribution in [0, 0.1) is 5.92 Å². The minimum atomic E-state index is 0.524. The van der Waals surface area contributed by atoms with Crippen LogP contribution < -0.4 is 0 Å². The lowest BCUT2D eigenvalue weighted by Crippen LogP contribution is -2.03. The van der Waals surface area contributed by atoms with E-state index in [1.807, 2.05) is 11.3 Å². The third-order valence-corrected chi connectivity index (χ3v) is 12.4. The lowest BCUT2D eigenvalue weighted by molar-refractivity contribution is 0.728. The van der Waals surface area contributed by atoms with Gasteiger partial charge in [0.25, 0.3) is 0 Å². The second-order valence-electron chi connectivity index (χ2n) is 13.0. The van der Waals surface area contributed by atoms with E-state index in [9.17, 15) is 0 Å². The van der Waals surface area contributed by atoms with Crippen LogP contribution in [0.1, 0.15) is 17.4 Å². The monoisotopic (exact) mass is 649 g/mol. The van der Waals surface area contributed by atoms with Crippen molar-refractivity contribution in [1.29, 1.82) is 0 Å². The van der Waals surface area contributed by atoms with Gasteiger partial charge in [-0.25, -0.2) is 9.97 Å². The van der Waals surface area contributed by atoms with E-state index in [0.717, 1.165) is 44.7 Å². The fourth-order valence-electron chi connectivity index (χ4n) is 8.02. The van der Waals surface area contributed by atoms with E-state index < -0.39 is 0 Å². The van der Waals surface area contributed by atoms with Crippen molar-refractivity contribution in [2.75, 3.05) is 0 Å². The highest BCUT2D eigenvalue weighted by molar-refractivity contribution is 7.25. The fourth-order valence-corrected chi connectivity index (χ4v) is 10.5. The van der Waals surface area contributed by atoms with Crippen LogP contribution in [0.5, 0.6) is 0 Å². The molecule has 1 aliphatic rings. The molecule has 0 fully saturated rings. The number of hydrogen-bond donors (Lipinski definition) is 0. The van der Waals surface area contributed by atoms with Gasteiger partial charge in [-0.1, -0.05) is 122 Å². The maximum atomic E-state index is 5.67. The van der Waals surface area contributed by atoms with Crippen LogP contribution >= 0.6 is 22.7 Å². The number of hydrogen-bond acceptors (Lipinski definition) is 4. The molecule has 0 N–H and O–H groups in total. The minimum absolute atomic E-state index is 0.524. The molecule has 1 aliphatic carbocycles. The van der Waals surface area contributed by atoms with Crippen molar-refractivity contribution in [1.82, 2.24) is 14.5 Å². The Morgan fingerprint density at radius 3 is 2.25 bits per heavy atom. The predicted molar refractivity (Wildman–Crippen MR) is 207 cm³/mol. The minimum Gasteiger partial charge on any atom is -0.290 e. The Labute approximate surface area is 284 Å². The van der Waals surface area contributed by atoms with Gasteiger partial charge in [0.2, 0.25) is 0 Å². The maximum Gasteiger partial charge on any atom is 0.165 e. The van der Waals surface area contributed by atoms with Crippen molar-refractivity contribution in [3.63, 3.8) is 0 Å². The molecule has 0 radical (unpaired) electrons. The highest BCUT2D eigenvalue weighted by Crippen LogP contribution is 2.49. The van der Waals surface area contributed by atoms with E-state index in [1.165, 1.54) is 63.1 Å². The van der Waals surface area contributed by atoms with Gasteiger partial charge in [0.05, 0.1) is 15.7 Å². The number of benzene rings is 6. The number of nitrogens with zero attached hydrogens (tertiary/aromatic N) is 3. The van der Waals surface area contributed by atoms with Gasteiger partial charge in [-0.05, 0) is 51.6 Å². The molecule has 48 heavy (non-hydrogen) atoms. The van der Waals surface area contributed by atoms with Crippen LogP contribution in [0.15, 0.2) is 121 Å². The number of allylic oxidation sites excluding steroid dienone is 1. The van der Waals surface area contributed by atoms with Gasteiger partial charge in [0, 0.05) is 36.7 Å². The molecule has 4 aromatic heterocycles. The number of aromatic nitrogens is 3. The summed E-state index contributed by atoms with van der Waals surface area (Å²) in [7, 11) is 0. The number of rotatable bonds is 2. The van der Waals surface area contributed by atoms with Gasteiger partial charge < -0.3 is 0 Å². The Morgan fingerprint density at radius 2 is 1.38 bits per heavy atom. The van der Waals surface area contributed by atoms with Crippen LogP contribution in [-0.4, -0.2) is 14.5 Å². The van der Waals surface area contributed by atoms with E-state index in [0.29, 0.717) is 5.92 Å². The summed E-state index contributed by atoms with van der Waals surface area (Å²) in [4.78, 5) is 13.6. The first kappa shape index (κ1) is 26.7.